The smallest absolute Gasteiger partial charge is 0.226 e. The second-order valence-corrected chi connectivity index (χ2v) is 11.0. The van der Waals surface area contributed by atoms with Gasteiger partial charge in [0, 0.05) is 34.9 Å². The van der Waals surface area contributed by atoms with Gasteiger partial charge in [0.1, 0.15) is 0 Å². The normalized spacial score (nSPS) is 17.0. The number of nitrogens with one attached hydrogen (secondary N) is 2. The summed E-state index contributed by atoms with van der Waals surface area (Å²) in [6.45, 7) is 9.98. The topological polar surface area (TPSA) is 62.2 Å². The number of para-hydroxylation sites is 1. The van der Waals surface area contributed by atoms with Crippen molar-refractivity contribution in [2.45, 2.75) is 46.7 Å². The third-order valence-corrected chi connectivity index (χ3v) is 7.88. The van der Waals surface area contributed by atoms with Crippen molar-refractivity contribution in [2.75, 3.05) is 10.2 Å². The number of carbonyl (C=O) groups is 1. The maximum Gasteiger partial charge on any atom is 0.226 e. The zero-order chi connectivity index (χ0) is 27.8. The van der Waals surface area contributed by atoms with Gasteiger partial charge >= 0.3 is 0 Å². The first-order valence-electron chi connectivity index (χ1n) is 13.0. The van der Waals surface area contributed by atoms with Gasteiger partial charge in [0.05, 0.1) is 28.5 Å². The first kappa shape index (κ1) is 26.9. The van der Waals surface area contributed by atoms with Crippen molar-refractivity contribution in [3.8, 4) is 5.69 Å². The lowest BCUT2D eigenvalue weighted by molar-refractivity contribution is -0.118. The van der Waals surface area contributed by atoms with Crippen LogP contribution in [0.4, 0.5) is 11.4 Å². The van der Waals surface area contributed by atoms with Crippen molar-refractivity contribution in [2.24, 2.45) is 5.92 Å². The van der Waals surface area contributed by atoms with Crippen molar-refractivity contribution in [3.05, 3.63) is 106 Å². The molecule has 5 rings (SSSR count). The standard InChI is InChI=1S/C31H32ClN5OS/c1-18(2)30(38)34-25-14-13-22(16-19(25)3)37-29(28(35-31(37)39)26-11-8-9-15-33-26)23-17-20(4)36(21(23)5)27-12-7-6-10-24(27)32/h6-18,28-29H,1-5H3,(H,34,38)(H,35,39)/t28-,29-/m0/s1. The Morgan fingerprint density at radius 1 is 1.05 bits per heavy atom. The quantitative estimate of drug-likeness (QED) is 0.245. The fourth-order valence-electron chi connectivity index (χ4n) is 5.25. The summed E-state index contributed by atoms with van der Waals surface area (Å²) in [5, 5.41) is 7.89. The van der Waals surface area contributed by atoms with Crippen LogP contribution in [0.15, 0.2) is 72.9 Å². The SMILES string of the molecule is Cc1cc(N2C(=S)N[C@@H](c3ccccn3)[C@@H]2c2cc(C)n(-c3ccccc3Cl)c2C)ccc1NC(=O)C(C)C. The van der Waals surface area contributed by atoms with Crippen LogP contribution in [-0.4, -0.2) is 20.6 Å². The highest BCUT2D eigenvalue weighted by atomic mass is 35.5. The van der Waals surface area contributed by atoms with Crippen LogP contribution in [0.5, 0.6) is 0 Å². The zero-order valence-corrected chi connectivity index (χ0v) is 24.3. The fourth-order valence-corrected chi connectivity index (χ4v) is 5.82. The molecule has 0 bridgehead atoms. The molecule has 6 nitrogen and oxygen atoms in total. The number of amides is 1. The summed E-state index contributed by atoms with van der Waals surface area (Å²) < 4.78 is 2.20. The van der Waals surface area contributed by atoms with E-state index >= 15 is 0 Å². The summed E-state index contributed by atoms with van der Waals surface area (Å²) in [4.78, 5) is 19.2. The highest BCUT2D eigenvalue weighted by Crippen LogP contribution is 2.44. The van der Waals surface area contributed by atoms with E-state index in [2.05, 4.69) is 51.1 Å². The van der Waals surface area contributed by atoms with Gasteiger partial charge in [0.2, 0.25) is 5.91 Å². The Morgan fingerprint density at radius 2 is 1.79 bits per heavy atom. The van der Waals surface area contributed by atoms with Gasteiger partial charge in [0.15, 0.2) is 5.11 Å². The molecule has 39 heavy (non-hydrogen) atoms. The number of nitrogens with zero attached hydrogens (tertiary/aromatic N) is 3. The predicted molar refractivity (Wildman–Crippen MR) is 163 cm³/mol. The van der Waals surface area contributed by atoms with Gasteiger partial charge in [-0.05, 0) is 92.6 Å². The van der Waals surface area contributed by atoms with E-state index in [1.807, 2.05) is 81.6 Å². The number of thiocarbonyl (C=S) groups is 1. The second kappa shape index (κ2) is 10.8. The Bertz CT molecular complexity index is 1550. The summed E-state index contributed by atoms with van der Waals surface area (Å²) in [6, 6.07) is 21.7. The molecule has 1 aliphatic heterocycles. The van der Waals surface area contributed by atoms with Crippen molar-refractivity contribution in [1.82, 2.24) is 14.9 Å². The van der Waals surface area contributed by atoms with Gasteiger partial charge in [-0.3, -0.25) is 9.78 Å². The van der Waals surface area contributed by atoms with E-state index < -0.39 is 0 Å². The number of halogens is 1. The molecular formula is C31H32ClN5OS. The first-order valence-corrected chi connectivity index (χ1v) is 13.8. The summed E-state index contributed by atoms with van der Waals surface area (Å²) >= 11 is 12.6. The highest BCUT2D eigenvalue weighted by molar-refractivity contribution is 7.80. The van der Waals surface area contributed by atoms with E-state index in [9.17, 15) is 4.79 Å². The third-order valence-electron chi connectivity index (χ3n) is 7.25. The Hall–Kier alpha value is -3.68. The molecule has 1 aliphatic rings. The van der Waals surface area contributed by atoms with Crippen molar-refractivity contribution >= 4 is 46.2 Å². The van der Waals surface area contributed by atoms with Crippen LogP contribution < -0.4 is 15.5 Å². The van der Waals surface area contributed by atoms with Gasteiger partial charge in [0.25, 0.3) is 0 Å². The molecule has 0 radical (unpaired) electrons. The monoisotopic (exact) mass is 557 g/mol. The summed E-state index contributed by atoms with van der Waals surface area (Å²) in [6.07, 6.45) is 1.81. The molecule has 1 fully saturated rings. The van der Waals surface area contributed by atoms with E-state index in [1.54, 1.807) is 0 Å². The van der Waals surface area contributed by atoms with Gasteiger partial charge in [-0.25, -0.2) is 0 Å². The Kier molecular flexibility index (Phi) is 7.47. The van der Waals surface area contributed by atoms with Crippen molar-refractivity contribution < 1.29 is 4.79 Å². The number of pyridine rings is 1. The Labute approximate surface area is 240 Å². The minimum Gasteiger partial charge on any atom is -0.351 e. The molecule has 1 amide bonds. The minimum atomic E-state index is -0.167. The number of carbonyl (C=O) groups excluding carboxylic acids is 1. The summed E-state index contributed by atoms with van der Waals surface area (Å²) in [7, 11) is 0. The van der Waals surface area contributed by atoms with Crippen LogP contribution in [0.3, 0.4) is 0 Å². The van der Waals surface area contributed by atoms with E-state index in [4.69, 9.17) is 23.8 Å². The number of aromatic nitrogens is 2. The average molecular weight is 558 g/mol. The van der Waals surface area contributed by atoms with Gasteiger partial charge in [-0.1, -0.05) is 43.6 Å². The van der Waals surface area contributed by atoms with Crippen molar-refractivity contribution in [3.63, 3.8) is 0 Å². The van der Waals surface area contributed by atoms with E-state index in [0.29, 0.717) is 10.1 Å². The molecule has 4 aromatic rings. The molecule has 2 atom stereocenters. The molecule has 1 saturated heterocycles. The molecule has 0 unspecified atom stereocenters. The molecule has 0 saturated carbocycles. The Balaban J connectivity index is 1.63. The van der Waals surface area contributed by atoms with Crippen LogP contribution in [0.1, 0.15) is 54.1 Å². The molecule has 8 heteroatoms. The van der Waals surface area contributed by atoms with Gasteiger partial charge in [-0.15, -0.1) is 0 Å². The van der Waals surface area contributed by atoms with Crippen LogP contribution in [0, 0.1) is 26.7 Å². The van der Waals surface area contributed by atoms with Crippen LogP contribution >= 0.6 is 23.8 Å². The van der Waals surface area contributed by atoms with Crippen LogP contribution in [-0.2, 0) is 4.79 Å². The van der Waals surface area contributed by atoms with E-state index in [-0.39, 0.29) is 23.9 Å². The highest BCUT2D eigenvalue weighted by Gasteiger charge is 2.42. The molecular weight excluding hydrogens is 526 g/mol. The Morgan fingerprint density at radius 3 is 2.46 bits per heavy atom. The number of benzene rings is 2. The number of hydrogen-bond acceptors (Lipinski definition) is 3. The predicted octanol–water partition coefficient (Wildman–Crippen LogP) is 7.22. The van der Waals surface area contributed by atoms with Crippen LogP contribution in [0.2, 0.25) is 5.02 Å². The number of aryl methyl sites for hydroxylation is 2. The molecule has 2 N–H and O–H groups in total. The largest absolute Gasteiger partial charge is 0.351 e. The summed E-state index contributed by atoms with van der Waals surface area (Å²) in [5.41, 5.74) is 7.85. The number of rotatable bonds is 6. The molecule has 2 aromatic heterocycles. The molecule has 200 valence electrons. The lowest BCUT2D eigenvalue weighted by Gasteiger charge is -2.29. The maximum absolute atomic E-state index is 12.3. The number of hydrogen-bond donors (Lipinski definition) is 2. The lowest BCUT2D eigenvalue weighted by Crippen LogP contribution is -2.29. The average Bonchev–Trinajstić information content (AvgIpc) is 3.41. The fraction of sp³-hybridized carbons (Fsp3) is 0.258. The van der Waals surface area contributed by atoms with Crippen LogP contribution in [0.25, 0.3) is 5.69 Å². The first-order chi connectivity index (χ1) is 18.7. The maximum atomic E-state index is 12.3. The molecule has 0 spiro atoms. The summed E-state index contributed by atoms with van der Waals surface area (Å²) in [5.74, 6) is -0.111. The second-order valence-electron chi connectivity index (χ2n) is 10.3. The van der Waals surface area contributed by atoms with Gasteiger partial charge in [-0.2, -0.15) is 0 Å². The minimum absolute atomic E-state index is 0.00989. The van der Waals surface area contributed by atoms with Gasteiger partial charge < -0.3 is 20.1 Å². The zero-order valence-electron chi connectivity index (χ0n) is 22.7. The van der Waals surface area contributed by atoms with E-state index in [1.165, 1.54) is 0 Å². The third kappa shape index (κ3) is 5.04. The molecule has 3 heterocycles. The van der Waals surface area contributed by atoms with Crippen molar-refractivity contribution in [1.29, 1.82) is 0 Å². The molecule has 0 aliphatic carbocycles. The lowest BCUT2D eigenvalue weighted by atomic mass is 9.96. The molecule has 2 aromatic carbocycles. The van der Waals surface area contributed by atoms with E-state index in [0.717, 1.165) is 45.3 Å². The number of anilines is 2.